The minimum atomic E-state index is -0.587. The van der Waals surface area contributed by atoms with Gasteiger partial charge in [-0.1, -0.05) is 34.1 Å². The lowest BCUT2D eigenvalue weighted by Crippen LogP contribution is -2.01. The molecule has 0 aliphatic rings. The van der Waals surface area contributed by atoms with E-state index in [0.717, 1.165) is 0 Å². The molecule has 18 heavy (non-hydrogen) atoms. The summed E-state index contributed by atoms with van der Waals surface area (Å²) < 4.78 is 40.0. The number of rotatable bonds is 3. The van der Waals surface area contributed by atoms with Crippen molar-refractivity contribution in [1.29, 1.82) is 0 Å². The maximum atomic E-state index is 13.5. The number of hydrogen-bond donors (Lipinski definition) is 0. The Morgan fingerprint density at radius 1 is 0.944 bits per heavy atom. The van der Waals surface area contributed by atoms with E-state index in [1.54, 1.807) is 12.1 Å². The van der Waals surface area contributed by atoms with Crippen molar-refractivity contribution < 1.29 is 13.2 Å². The second-order valence-corrected chi connectivity index (χ2v) is 5.03. The molecule has 0 nitrogen and oxygen atoms in total. The molecule has 2 rings (SSSR count). The van der Waals surface area contributed by atoms with Crippen LogP contribution in [0.15, 0.2) is 42.5 Å². The Kier molecular flexibility index (Phi) is 4.07. The lowest BCUT2D eigenvalue weighted by molar-refractivity contribution is 0.554. The molecule has 0 spiro atoms. The van der Waals surface area contributed by atoms with Gasteiger partial charge < -0.3 is 0 Å². The van der Waals surface area contributed by atoms with Crippen LogP contribution in [0.3, 0.4) is 0 Å². The summed E-state index contributed by atoms with van der Waals surface area (Å²) in [5, 5.41) is 0. The molecule has 0 aliphatic heterocycles. The third kappa shape index (κ3) is 2.93. The Morgan fingerprint density at radius 3 is 2.17 bits per heavy atom. The van der Waals surface area contributed by atoms with Gasteiger partial charge in [-0.3, -0.25) is 0 Å². The average Bonchev–Trinajstić information content (AvgIpc) is 2.34. The van der Waals surface area contributed by atoms with Crippen molar-refractivity contribution in [1.82, 2.24) is 0 Å². The van der Waals surface area contributed by atoms with Crippen LogP contribution in [0.1, 0.15) is 16.0 Å². The first kappa shape index (κ1) is 13.1. The van der Waals surface area contributed by atoms with E-state index in [-0.39, 0.29) is 22.6 Å². The van der Waals surface area contributed by atoms with E-state index in [4.69, 9.17) is 0 Å². The van der Waals surface area contributed by atoms with Crippen molar-refractivity contribution in [2.45, 2.75) is 11.2 Å². The molecular formula is C14H10BrF3. The lowest BCUT2D eigenvalue weighted by Gasteiger charge is -2.11. The van der Waals surface area contributed by atoms with Gasteiger partial charge >= 0.3 is 0 Å². The predicted octanol–water partition coefficient (Wildman–Crippen LogP) is 4.78. The van der Waals surface area contributed by atoms with Crippen molar-refractivity contribution >= 4 is 15.9 Å². The molecule has 0 aromatic heterocycles. The van der Waals surface area contributed by atoms with Gasteiger partial charge in [-0.2, -0.15) is 0 Å². The molecule has 1 atom stereocenters. The normalized spacial score (nSPS) is 12.4. The SMILES string of the molecule is Fc1cccc(C(Br)Cc2c(F)cccc2F)c1. The van der Waals surface area contributed by atoms with Crippen molar-refractivity contribution in [3.05, 3.63) is 71.0 Å². The summed E-state index contributed by atoms with van der Waals surface area (Å²) >= 11 is 3.33. The third-order valence-electron chi connectivity index (χ3n) is 2.66. The topological polar surface area (TPSA) is 0 Å². The van der Waals surface area contributed by atoms with Crippen LogP contribution in [-0.4, -0.2) is 0 Å². The van der Waals surface area contributed by atoms with Crippen LogP contribution < -0.4 is 0 Å². The summed E-state index contributed by atoms with van der Waals surface area (Å²) in [6.45, 7) is 0. The van der Waals surface area contributed by atoms with E-state index in [1.165, 1.54) is 30.3 Å². The molecule has 0 amide bonds. The van der Waals surface area contributed by atoms with Crippen molar-refractivity contribution in [2.24, 2.45) is 0 Å². The van der Waals surface area contributed by atoms with Crippen LogP contribution in [0.2, 0.25) is 0 Å². The monoisotopic (exact) mass is 314 g/mol. The van der Waals surface area contributed by atoms with Gasteiger partial charge in [0.15, 0.2) is 0 Å². The molecule has 0 radical (unpaired) electrons. The molecule has 0 heterocycles. The number of halogens is 4. The fourth-order valence-electron chi connectivity index (χ4n) is 1.73. The zero-order valence-electron chi connectivity index (χ0n) is 9.34. The van der Waals surface area contributed by atoms with E-state index < -0.39 is 11.6 Å². The highest BCUT2D eigenvalue weighted by atomic mass is 79.9. The van der Waals surface area contributed by atoms with Crippen LogP contribution in [-0.2, 0) is 6.42 Å². The zero-order chi connectivity index (χ0) is 13.1. The third-order valence-corrected chi connectivity index (χ3v) is 3.51. The summed E-state index contributed by atoms with van der Waals surface area (Å²) in [5.74, 6) is -1.54. The number of benzene rings is 2. The highest BCUT2D eigenvalue weighted by molar-refractivity contribution is 9.09. The van der Waals surface area contributed by atoms with E-state index >= 15 is 0 Å². The molecule has 2 aromatic carbocycles. The fourth-order valence-corrected chi connectivity index (χ4v) is 2.33. The first-order valence-electron chi connectivity index (χ1n) is 5.40. The summed E-state index contributed by atoms with van der Waals surface area (Å²) in [6.07, 6.45) is 0.127. The fraction of sp³-hybridized carbons (Fsp3) is 0.143. The Bertz CT molecular complexity index is 534. The number of alkyl halides is 1. The molecule has 0 N–H and O–H groups in total. The van der Waals surface area contributed by atoms with Crippen LogP contribution in [0.5, 0.6) is 0 Å². The van der Waals surface area contributed by atoms with Crippen LogP contribution in [0, 0.1) is 17.5 Å². The zero-order valence-corrected chi connectivity index (χ0v) is 10.9. The largest absolute Gasteiger partial charge is 0.207 e. The van der Waals surface area contributed by atoms with Crippen molar-refractivity contribution in [3.63, 3.8) is 0 Å². The van der Waals surface area contributed by atoms with Crippen LogP contribution >= 0.6 is 15.9 Å². The van der Waals surface area contributed by atoms with Crippen molar-refractivity contribution in [2.75, 3.05) is 0 Å². The molecule has 0 aliphatic carbocycles. The van der Waals surface area contributed by atoms with Gasteiger partial charge in [0, 0.05) is 10.4 Å². The Labute approximate surface area is 112 Å². The van der Waals surface area contributed by atoms with E-state index in [1.807, 2.05) is 0 Å². The van der Waals surface area contributed by atoms with Gasteiger partial charge in [-0.05, 0) is 36.2 Å². The van der Waals surface area contributed by atoms with Crippen LogP contribution in [0.4, 0.5) is 13.2 Å². The Morgan fingerprint density at radius 2 is 1.56 bits per heavy atom. The maximum absolute atomic E-state index is 13.5. The summed E-state index contributed by atoms with van der Waals surface area (Å²) in [7, 11) is 0. The first-order chi connectivity index (χ1) is 8.58. The molecule has 0 bridgehead atoms. The maximum Gasteiger partial charge on any atom is 0.129 e. The van der Waals surface area contributed by atoms with Gasteiger partial charge in [0.2, 0.25) is 0 Å². The van der Waals surface area contributed by atoms with E-state index in [2.05, 4.69) is 15.9 Å². The molecule has 4 heteroatoms. The molecule has 0 saturated heterocycles. The van der Waals surface area contributed by atoms with Gasteiger partial charge in [-0.15, -0.1) is 0 Å². The highest BCUT2D eigenvalue weighted by Crippen LogP contribution is 2.29. The second kappa shape index (κ2) is 5.57. The molecule has 94 valence electrons. The van der Waals surface area contributed by atoms with E-state index in [9.17, 15) is 13.2 Å². The second-order valence-electron chi connectivity index (χ2n) is 3.93. The highest BCUT2D eigenvalue weighted by Gasteiger charge is 2.15. The smallest absolute Gasteiger partial charge is 0.129 e. The number of hydrogen-bond acceptors (Lipinski definition) is 0. The summed E-state index contributed by atoms with van der Waals surface area (Å²) in [5.41, 5.74) is 0.654. The molecule has 0 fully saturated rings. The molecular weight excluding hydrogens is 305 g/mol. The van der Waals surface area contributed by atoms with Gasteiger partial charge in [0.1, 0.15) is 17.5 Å². The quantitative estimate of drug-likeness (QED) is 0.715. The van der Waals surface area contributed by atoms with Gasteiger partial charge in [-0.25, -0.2) is 13.2 Å². The van der Waals surface area contributed by atoms with Gasteiger partial charge in [0.25, 0.3) is 0 Å². The van der Waals surface area contributed by atoms with Crippen molar-refractivity contribution in [3.8, 4) is 0 Å². The Hall–Kier alpha value is -1.29. The van der Waals surface area contributed by atoms with E-state index in [0.29, 0.717) is 5.56 Å². The predicted molar refractivity (Wildman–Crippen MR) is 68.1 cm³/mol. The summed E-state index contributed by atoms with van der Waals surface area (Å²) in [6, 6.07) is 9.69. The molecule has 2 aromatic rings. The first-order valence-corrected chi connectivity index (χ1v) is 6.32. The van der Waals surface area contributed by atoms with Gasteiger partial charge in [0.05, 0.1) is 0 Å². The summed E-state index contributed by atoms with van der Waals surface area (Å²) in [4.78, 5) is -0.334. The van der Waals surface area contributed by atoms with Crippen LogP contribution in [0.25, 0.3) is 0 Å². The average molecular weight is 315 g/mol. The molecule has 0 saturated carbocycles. The Balaban J connectivity index is 2.24. The lowest BCUT2D eigenvalue weighted by atomic mass is 10.0. The molecule has 1 unspecified atom stereocenters. The minimum Gasteiger partial charge on any atom is -0.207 e. The standard InChI is InChI=1S/C14H10BrF3/c15-12(9-3-1-4-10(16)7-9)8-11-13(17)5-2-6-14(11)18/h1-7,12H,8H2. The minimum absolute atomic E-state index is 0.00337.